The molecule has 0 bridgehead atoms. The van der Waals surface area contributed by atoms with Crippen LogP contribution in [0.5, 0.6) is 0 Å². The summed E-state index contributed by atoms with van der Waals surface area (Å²) in [6.45, 7) is 3.78. The van der Waals surface area contributed by atoms with Gasteiger partial charge in [0.25, 0.3) is 0 Å². The minimum atomic E-state index is -0.317. The average Bonchev–Trinajstić information content (AvgIpc) is 3.78. The van der Waals surface area contributed by atoms with Crippen molar-refractivity contribution in [1.29, 1.82) is 0 Å². The van der Waals surface area contributed by atoms with Crippen molar-refractivity contribution in [1.82, 2.24) is 4.98 Å². The summed E-state index contributed by atoms with van der Waals surface area (Å²) in [6, 6.07) is 26.0. The van der Waals surface area contributed by atoms with Crippen molar-refractivity contribution in [2.45, 2.75) is 57.3 Å². The Balaban J connectivity index is 1.35. The number of hydrogen-bond acceptors (Lipinski definition) is 6. The Hall–Kier alpha value is -3.61. The predicted molar refractivity (Wildman–Crippen MR) is 181 cm³/mol. The second-order valence-corrected chi connectivity index (χ2v) is 13.4. The molecule has 44 heavy (non-hydrogen) atoms. The summed E-state index contributed by atoms with van der Waals surface area (Å²) in [5.41, 5.74) is 5.60. The number of halogens is 1. The van der Waals surface area contributed by atoms with E-state index in [1.807, 2.05) is 80.2 Å². The van der Waals surface area contributed by atoms with Gasteiger partial charge in [-0.25, -0.2) is 9.78 Å². The van der Waals surface area contributed by atoms with Gasteiger partial charge >= 0.3 is 11.9 Å². The summed E-state index contributed by atoms with van der Waals surface area (Å²) >= 11 is 8.08. The van der Waals surface area contributed by atoms with Gasteiger partial charge in [-0.3, -0.25) is 4.79 Å². The lowest BCUT2D eigenvalue weighted by molar-refractivity contribution is -0.148. The van der Waals surface area contributed by atoms with Gasteiger partial charge < -0.3 is 9.47 Å². The second-order valence-electron chi connectivity index (χ2n) is 11.8. The van der Waals surface area contributed by atoms with E-state index in [2.05, 4.69) is 36.4 Å². The van der Waals surface area contributed by atoms with Crippen molar-refractivity contribution in [3.8, 4) is 0 Å². The minimum absolute atomic E-state index is 0.000968. The van der Waals surface area contributed by atoms with Crippen LogP contribution in [0.4, 0.5) is 0 Å². The molecule has 5 nitrogen and oxygen atoms in total. The zero-order valence-corrected chi connectivity index (χ0v) is 27.0. The van der Waals surface area contributed by atoms with Crippen LogP contribution in [0, 0.1) is 5.41 Å². The quantitative estimate of drug-likeness (QED) is 0.138. The molecule has 7 heteroatoms. The van der Waals surface area contributed by atoms with Crippen LogP contribution in [-0.4, -0.2) is 35.9 Å². The highest BCUT2D eigenvalue weighted by molar-refractivity contribution is 7.99. The highest BCUT2D eigenvalue weighted by atomic mass is 35.5. The maximum Gasteiger partial charge on any atom is 0.338 e. The molecule has 1 heterocycles. The fourth-order valence-electron chi connectivity index (χ4n) is 5.36. The zero-order valence-electron chi connectivity index (χ0n) is 25.4. The minimum Gasteiger partial charge on any atom is -0.465 e. The Labute approximate surface area is 269 Å². The zero-order chi connectivity index (χ0) is 31.1. The number of methoxy groups -OCH3 is 1. The number of aromatic nitrogens is 1. The van der Waals surface area contributed by atoms with Gasteiger partial charge in [0.05, 0.1) is 36.4 Å². The van der Waals surface area contributed by atoms with Gasteiger partial charge in [-0.15, -0.1) is 0 Å². The summed E-state index contributed by atoms with van der Waals surface area (Å²) in [6.07, 6.45) is 8.11. The molecule has 0 aliphatic heterocycles. The van der Waals surface area contributed by atoms with Crippen molar-refractivity contribution < 1.29 is 19.1 Å². The summed E-state index contributed by atoms with van der Waals surface area (Å²) in [5, 5.41) is 1.89. The number of thioether (sulfide) groups is 1. The summed E-state index contributed by atoms with van der Waals surface area (Å²) in [5.74, 6) is 0.452. The van der Waals surface area contributed by atoms with Crippen LogP contribution in [0.2, 0.25) is 5.02 Å². The molecule has 0 radical (unpaired) electrons. The number of carbonyl (C=O) groups is 2. The highest BCUT2D eigenvalue weighted by Crippen LogP contribution is 2.53. The van der Waals surface area contributed by atoms with Gasteiger partial charge in [-0.2, -0.15) is 11.8 Å². The van der Waals surface area contributed by atoms with Crippen LogP contribution in [0.15, 0.2) is 78.9 Å². The molecule has 1 aliphatic carbocycles. The van der Waals surface area contributed by atoms with Crippen molar-refractivity contribution in [3.05, 3.63) is 112 Å². The van der Waals surface area contributed by atoms with Crippen molar-refractivity contribution >= 4 is 58.4 Å². The number of fused-ring (bicyclic) bond motifs is 1. The standard InChI is InChI=1S/C37H38ClNO4S/c1-25(2)43-35(40)23-37(19-20-37)24-44-34(18-14-27-8-4-5-10-32(27)36(41)42-3)29-9-6-7-26(21-29)11-16-31-17-13-28-12-15-30(38)22-33(28)39-31/h4-13,15-17,21-22,25,34H,14,18-20,23-24H2,1-3H3. The van der Waals surface area contributed by atoms with Crippen molar-refractivity contribution in [2.75, 3.05) is 12.9 Å². The SMILES string of the molecule is COC(=O)c1ccccc1CCC(SCC1(CC(=O)OC(C)C)CC1)c1cccc(C=Cc2ccc3ccc(Cl)cc3n2)c1. The fraction of sp³-hybridized carbons (Fsp3) is 0.324. The van der Waals surface area contributed by atoms with Gasteiger partial charge in [0.2, 0.25) is 0 Å². The Morgan fingerprint density at radius 3 is 2.57 bits per heavy atom. The lowest BCUT2D eigenvalue weighted by Crippen LogP contribution is -2.18. The maximum absolute atomic E-state index is 12.5. The van der Waals surface area contributed by atoms with Crippen LogP contribution in [-0.2, 0) is 20.7 Å². The molecular formula is C37H38ClNO4S. The van der Waals surface area contributed by atoms with Crippen LogP contribution >= 0.6 is 23.4 Å². The van der Waals surface area contributed by atoms with E-state index in [1.165, 1.54) is 12.7 Å². The van der Waals surface area contributed by atoms with E-state index in [9.17, 15) is 9.59 Å². The number of carbonyl (C=O) groups excluding carboxylic acids is 2. The molecule has 0 N–H and O–H groups in total. The highest BCUT2D eigenvalue weighted by Gasteiger charge is 2.45. The number of aryl methyl sites for hydroxylation is 1. The van der Waals surface area contributed by atoms with E-state index in [0.29, 0.717) is 17.0 Å². The number of esters is 2. The third-order valence-corrected chi connectivity index (χ3v) is 9.86. The van der Waals surface area contributed by atoms with Gasteiger partial charge in [0.15, 0.2) is 0 Å². The van der Waals surface area contributed by atoms with Crippen molar-refractivity contribution in [3.63, 3.8) is 0 Å². The summed E-state index contributed by atoms with van der Waals surface area (Å²) < 4.78 is 10.5. The number of benzene rings is 3. The first-order valence-corrected chi connectivity index (χ1v) is 16.5. The molecule has 0 spiro atoms. The predicted octanol–water partition coefficient (Wildman–Crippen LogP) is 9.37. The number of rotatable bonds is 13. The first kappa shape index (κ1) is 31.8. The molecule has 5 rings (SSSR count). The molecule has 1 unspecified atom stereocenters. The Morgan fingerprint density at radius 2 is 1.80 bits per heavy atom. The lowest BCUT2D eigenvalue weighted by Gasteiger charge is -2.22. The molecule has 1 aliphatic rings. The Bertz CT molecular complexity index is 1660. The third kappa shape index (κ3) is 8.52. The van der Waals surface area contributed by atoms with E-state index < -0.39 is 0 Å². The molecule has 1 aromatic heterocycles. The number of pyridine rings is 1. The lowest BCUT2D eigenvalue weighted by atomic mass is 9.98. The smallest absolute Gasteiger partial charge is 0.338 e. The fourth-order valence-corrected chi connectivity index (χ4v) is 7.10. The first-order chi connectivity index (χ1) is 21.2. The van der Waals surface area contributed by atoms with Crippen LogP contribution in [0.3, 0.4) is 0 Å². The molecule has 1 atom stereocenters. The van der Waals surface area contributed by atoms with E-state index in [1.54, 1.807) is 0 Å². The molecule has 0 saturated heterocycles. The molecule has 4 aromatic rings. The van der Waals surface area contributed by atoms with Crippen LogP contribution in [0.1, 0.15) is 77.5 Å². The monoisotopic (exact) mass is 627 g/mol. The second kappa shape index (κ2) is 14.4. The molecule has 0 amide bonds. The average molecular weight is 628 g/mol. The molecule has 228 valence electrons. The summed E-state index contributed by atoms with van der Waals surface area (Å²) in [7, 11) is 1.42. The summed E-state index contributed by atoms with van der Waals surface area (Å²) in [4.78, 5) is 29.7. The van der Waals surface area contributed by atoms with E-state index in [4.69, 9.17) is 26.1 Å². The van der Waals surface area contributed by atoms with Crippen LogP contribution in [0.25, 0.3) is 23.1 Å². The van der Waals surface area contributed by atoms with Crippen molar-refractivity contribution in [2.24, 2.45) is 5.41 Å². The van der Waals surface area contributed by atoms with Gasteiger partial charge in [0, 0.05) is 21.4 Å². The normalized spacial score (nSPS) is 14.6. The van der Waals surface area contributed by atoms with E-state index >= 15 is 0 Å². The molecule has 3 aromatic carbocycles. The number of ether oxygens (including phenoxy) is 2. The molecule has 1 saturated carbocycles. The van der Waals surface area contributed by atoms with Crippen LogP contribution < -0.4 is 0 Å². The van der Waals surface area contributed by atoms with Gasteiger partial charge in [0.1, 0.15) is 0 Å². The molecule has 1 fully saturated rings. The Kier molecular flexibility index (Phi) is 10.4. The van der Waals surface area contributed by atoms with Gasteiger partial charge in [-0.1, -0.05) is 72.3 Å². The first-order valence-electron chi connectivity index (χ1n) is 15.1. The number of hydrogen-bond donors (Lipinski definition) is 0. The van der Waals surface area contributed by atoms with E-state index in [0.717, 1.165) is 59.2 Å². The third-order valence-electron chi connectivity index (χ3n) is 7.94. The molecular weight excluding hydrogens is 590 g/mol. The van der Waals surface area contributed by atoms with E-state index in [-0.39, 0.29) is 28.7 Å². The number of nitrogens with zero attached hydrogens (tertiary/aromatic N) is 1. The Morgan fingerprint density at radius 1 is 1.00 bits per heavy atom. The largest absolute Gasteiger partial charge is 0.465 e. The van der Waals surface area contributed by atoms with Gasteiger partial charge in [-0.05, 0) is 92.0 Å². The maximum atomic E-state index is 12.5. The topological polar surface area (TPSA) is 65.5 Å².